The minimum absolute atomic E-state index is 0.162. The van der Waals surface area contributed by atoms with Crippen LogP contribution in [0.15, 0.2) is 12.4 Å². The summed E-state index contributed by atoms with van der Waals surface area (Å²) in [6, 6.07) is 1.67. The standard InChI is InChI=1S/C16H32N3O6PSi2/c1-27(2,3)9-7-23-26(22,24-8-10-28(4,5)6)25-13-15-17-11-14(12-18-15)19-16(20)21/h11-12,19H,7-10,13H2,1-6H3,(H,20,21). The number of amides is 1. The van der Waals surface area contributed by atoms with Crippen molar-refractivity contribution in [2.75, 3.05) is 18.5 Å². The molecule has 0 unspecified atom stereocenters. The van der Waals surface area contributed by atoms with Crippen LogP contribution in [0, 0.1) is 0 Å². The van der Waals surface area contributed by atoms with E-state index in [1.807, 2.05) is 0 Å². The number of anilines is 1. The van der Waals surface area contributed by atoms with Gasteiger partial charge in [0.05, 0.1) is 31.3 Å². The van der Waals surface area contributed by atoms with E-state index in [2.05, 4.69) is 54.6 Å². The molecule has 1 aromatic heterocycles. The molecule has 1 aromatic rings. The quantitative estimate of drug-likeness (QED) is 0.341. The van der Waals surface area contributed by atoms with E-state index in [9.17, 15) is 9.36 Å². The molecule has 9 nitrogen and oxygen atoms in total. The molecule has 1 amide bonds. The first kappa shape index (κ1) is 24.9. The Bertz CT molecular complexity index is 652. The number of hydrogen-bond acceptors (Lipinski definition) is 7. The van der Waals surface area contributed by atoms with Gasteiger partial charge in [-0.2, -0.15) is 0 Å². The summed E-state index contributed by atoms with van der Waals surface area (Å²) in [5, 5.41) is 10.8. The van der Waals surface area contributed by atoms with Crippen LogP contribution in [-0.2, 0) is 24.7 Å². The molecule has 0 bridgehead atoms. The van der Waals surface area contributed by atoms with Crippen LogP contribution in [0.2, 0.25) is 51.4 Å². The molecule has 0 aromatic carbocycles. The summed E-state index contributed by atoms with van der Waals surface area (Å²) in [5.41, 5.74) is 0.234. The van der Waals surface area contributed by atoms with E-state index < -0.39 is 30.1 Å². The van der Waals surface area contributed by atoms with Crippen molar-refractivity contribution in [3.05, 3.63) is 18.2 Å². The zero-order chi connectivity index (χ0) is 21.4. The zero-order valence-corrected chi connectivity index (χ0v) is 20.4. The predicted octanol–water partition coefficient (Wildman–Crippen LogP) is 4.90. The van der Waals surface area contributed by atoms with Crippen LogP contribution in [-0.4, -0.2) is 50.5 Å². The molecule has 0 atom stereocenters. The van der Waals surface area contributed by atoms with Gasteiger partial charge >= 0.3 is 13.9 Å². The second kappa shape index (κ2) is 10.6. The number of carboxylic acid groups (broad SMARTS) is 1. The second-order valence-electron chi connectivity index (χ2n) is 8.83. The topological polar surface area (TPSA) is 120 Å². The molecule has 0 saturated heterocycles. The molecule has 0 fully saturated rings. The molecule has 28 heavy (non-hydrogen) atoms. The van der Waals surface area contributed by atoms with Gasteiger partial charge in [0, 0.05) is 16.1 Å². The van der Waals surface area contributed by atoms with Gasteiger partial charge in [-0.3, -0.25) is 18.9 Å². The van der Waals surface area contributed by atoms with Gasteiger partial charge in [-0.05, 0) is 12.1 Å². The lowest BCUT2D eigenvalue weighted by atomic mass is 10.5. The van der Waals surface area contributed by atoms with Crippen molar-refractivity contribution < 1.29 is 28.0 Å². The second-order valence-corrected chi connectivity index (χ2v) is 21.7. The minimum Gasteiger partial charge on any atom is -0.465 e. The normalized spacial score (nSPS) is 12.8. The van der Waals surface area contributed by atoms with Crippen LogP contribution < -0.4 is 5.32 Å². The van der Waals surface area contributed by atoms with Crippen LogP contribution in [0.4, 0.5) is 10.5 Å². The molecule has 0 aliphatic carbocycles. The lowest BCUT2D eigenvalue weighted by molar-refractivity contribution is 0.113. The SMILES string of the molecule is C[Si](C)(C)CCOP(=O)(OCC[Si](C)(C)C)OCc1ncc(NC(=O)O)cn1. The Morgan fingerprint density at radius 2 is 1.46 bits per heavy atom. The summed E-state index contributed by atoms with van der Waals surface area (Å²) in [6.45, 7) is 13.7. The summed E-state index contributed by atoms with van der Waals surface area (Å²) in [6.07, 6.45) is 1.41. The highest BCUT2D eigenvalue weighted by Gasteiger charge is 2.29. The van der Waals surface area contributed by atoms with Crippen LogP contribution in [0.5, 0.6) is 0 Å². The maximum atomic E-state index is 13.0. The molecule has 1 heterocycles. The highest BCUT2D eigenvalue weighted by atomic mass is 31.2. The lowest BCUT2D eigenvalue weighted by Gasteiger charge is -2.22. The molecule has 0 saturated carbocycles. The molecule has 1 rings (SSSR count). The monoisotopic (exact) mass is 449 g/mol. The zero-order valence-electron chi connectivity index (χ0n) is 17.5. The van der Waals surface area contributed by atoms with E-state index in [-0.39, 0.29) is 18.1 Å². The van der Waals surface area contributed by atoms with Crippen LogP contribution in [0.25, 0.3) is 0 Å². The number of nitrogens with one attached hydrogen (secondary N) is 1. The van der Waals surface area contributed by atoms with Crippen molar-refractivity contribution in [2.24, 2.45) is 0 Å². The van der Waals surface area contributed by atoms with Gasteiger partial charge in [-0.25, -0.2) is 19.3 Å². The third-order valence-corrected chi connectivity index (χ3v) is 8.36. The van der Waals surface area contributed by atoms with Crippen molar-refractivity contribution >= 4 is 35.8 Å². The molecule has 0 spiro atoms. The first-order valence-corrected chi connectivity index (χ1v) is 18.0. The van der Waals surface area contributed by atoms with Crippen molar-refractivity contribution in [1.29, 1.82) is 0 Å². The van der Waals surface area contributed by atoms with Gasteiger partial charge in [0.25, 0.3) is 0 Å². The minimum atomic E-state index is -3.74. The fourth-order valence-corrected chi connectivity index (χ4v) is 4.69. The predicted molar refractivity (Wildman–Crippen MR) is 114 cm³/mol. The van der Waals surface area contributed by atoms with Crippen molar-refractivity contribution in [3.63, 3.8) is 0 Å². The summed E-state index contributed by atoms with van der Waals surface area (Å²) in [7, 11) is -6.45. The van der Waals surface area contributed by atoms with E-state index in [1.165, 1.54) is 12.4 Å². The smallest absolute Gasteiger partial charge is 0.465 e. The van der Waals surface area contributed by atoms with Crippen molar-refractivity contribution in [2.45, 2.75) is 58.0 Å². The van der Waals surface area contributed by atoms with E-state index in [0.717, 1.165) is 12.1 Å². The molecule has 0 aliphatic heterocycles. The van der Waals surface area contributed by atoms with Gasteiger partial charge in [0.15, 0.2) is 5.82 Å². The molecule has 0 radical (unpaired) electrons. The summed E-state index contributed by atoms with van der Waals surface area (Å²) >= 11 is 0. The number of nitrogens with zero attached hydrogens (tertiary/aromatic N) is 2. The molecule has 0 aliphatic rings. The van der Waals surface area contributed by atoms with E-state index in [0.29, 0.717) is 13.2 Å². The largest absolute Gasteiger partial charge is 0.475 e. The summed E-state index contributed by atoms with van der Waals surface area (Å²) in [5.74, 6) is 0.249. The molecule has 12 heteroatoms. The Morgan fingerprint density at radius 1 is 1.00 bits per heavy atom. The lowest BCUT2D eigenvalue weighted by Crippen LogP contribution is -2.23. The van der Waals surface area contributed by atoms with Crippen molar-refractivity contribution in [3.8, 4) is 0 Å². The average Bonchev–Trinajstić information content (AvgIpc) is 2.51. The number of phosphoric acid groups is 1. The Hall–Kier alpha value is -1.11. The van der Waals surface area contributed by atoms with E-state index in [4.69, 9.17) is 18.7 Å². The number of carbonyl (C=O) groups is 1. The van der Waals surface area contributed by atoms with E-state index in [1.54, 1.807) is 0 Å². The molecular formula is C16H32N3O6PSi2. The Kier molecular flexibility index (Phi) is 9.44. The Labute approximate surface area is 168 Å². The van der Waals surface area contributed by atoms with Crippen LogP contribution in [0.3, 0.4) is 0 Å². The fraction of sp³-hybridized carbons (Fsp3) is 0.688. The number of hydrogen-bond donors (Lipinski definition) is 2. The summed E-state index contributed by atoms with van der Waals surface area (Å²) in [4.78, 5) is 18.6. The van der Waals surface area contributed by atoms with Crippen molar-refractivity contribution in [1.82, 2.24) is 9.97 Å². The Balaban J connectivity index is 2.69. The number of aromatic nitrogens is 2. The highest BCUT2D eigenvalue weighted by Crippen LogP contribution is 2.50. The van der Waals surface area contributed by atoms with Crippen LogP contribution >= 0.6 is 7.82 Å². The molecule has 2 N–H and O–H groups in total. The number of phosphoric ester groups is 1. The van der Waals surface area contributed by atoms with Gasteiger partial charge in [-0.15, -0.1) is 0 Å². The van der Waals surface area contributed by atoms with Crippen LogP contribution in [0.1, 0.15) is 5.82 Å². The Morgan fingerprint density at radius 3 is 1.86 bits per heavy atom. The third-order valence-electron chi connectivity index (χ3n) is 3.51. The molecular weight excluding hydrogens is 417 g/mol. The fourth-order valence-electron chi connectivity index (χ4n) is 1.79. The molecule has 160 valence electrons. The first-order chi connectivity index (χ1) is 12.8. The highest BCUT2D eigenvalue weighted by molar-refractivity contribution is 7.48. The van der Waals surface area contributed by atoms with Gasteiger partial charge in [-0.1, -0.05) is 39.3 Å². The third kappa shape index (κ3) is 11.7. The first-order valence-electron chi connectivity index (χ1n) is 9.13. The van der Waals surface area contributed by atoms with Gasteiger partial charge in [0.1, 0.15) is 6.61 Å². The average molecular weight is 450 g/mol. The number of rotatable bonds is 12. The van der Waals surface area contributed by atoms with E-state index >= 15 is 0 Å². The summed E-state index contributed by atoms with van der Waals surface area (Å²) < 4.78 is 29.5. The maximum Gasteiger partial charge on any atom is 0.475 e. The van der Waals surface area contributed by atoms with Gasteiger partial charge in [0.2, 0.25) is 0 Å². The van der Waals surface area contributed by atoms with Gasteiger partial charge < -0.3 is 5.11 Å². The maximum absolute atomic E-state index is 13.0.